The highest BCUT2D eigenvalue weighted by Crippen LogP contribution is 2.40. The third-order valence-electron chi connectivity index (χ3n) is 11.0. The second-order valence-corrected chi connectivity index (χ2v) is 14.4. The van der Waals surface area contributed by atoms with Crippen molar-refractivity contribution in [1.29, 1.82) is 0 Å². The van der Waals surface area contributed by atoms with Crippen LogP contribution in [0.5, 0.6) is 0 Å². The molecule has 0 amide bonds. The fraction of sp³-hybridized carbons (Fsp3) is 0. The lowest BCUT2D eigenvalue weighted by Crippen LogP contribution is -2.10. The highest BCUT2D eigenvalue weighted by molar-refractivity contribution is 6.09. The first kappa shape index (κ1) is 32.7. The smallest absolute Gasteiger partial charge is 0.227 e. The number of nitrogens with zero attached hydrogens (tertiary/aromatic N) is 3. The number of fused-ring (bicyclic) bond motifs is 6. The van der Waals surface area contributed by atoms with Crippen LogP contribution in [0.3, 0.4) is 0 Å². The van der Waals surface area contributed by atoms with Crippen molar-refractivity contribution in [3.05, 3.63) is 212 Å². The van der Waals surface area contributed by atoms with Gasteiger partial charge in [-0.3, -0.25) is 0 Å². The molecule has 4 nitrogen and oxygen atoms in total. The second kappa shape index (κ2) is 13.6. The predicted molar refractivity (Wildman–Crippen MR) is 237 cm³/mol. The maximum atomic E-state index is 6.22. The molecular formula is C53H35N3O. The van der Waals surface area contributed by atoms with Crippen molar-refractivity contribution in [3.63, 3.8) is 0 Å². The number of hydrogen-bond donors (Lipinski definition) is 0. The Morgan fingerprint density at radius 1 is 0.386 bits per heavy atom. The van der Waals surface area contributed by atoms with Crippen LogP contribution in [0.4, 0.5) is 17.1 Å². The van der Waals surface area contributed by atoms with Crippen LogP contribution < -0.4 is 4.90 Å². The highest BCUT2D eigenvalue weighted by Gasteiger charge is 2.17. The molecule has 57 heavy (non-hydrogen) atoms. The second-order valence-electron chi connectivity index (χ2n) is 14.4. The zero-order chi connectivity index (χ0) is 37.7. The molecule has 268 valence electrons. The zero-order valence-electron chi connectivity index (χ0n) is 31.0. The van der Waals surface area contributed by atoms with Gasteiger partial charge in [0.1, 0.15) is 5.52 Å². The number of oxazole rings is 1. The summed E-state index contributed by atoms with van der Waals surface area (Å²) in [7, 11) is 0. The first-order valence-corrected chi connectivity index (χ1v) is 19.3. The molecule has 0 radical (unpaired) electrons. The molecule has 0 aliphatic carbocycles. The van der Waals surface area contributed by atoms with E-state index in [0.29, 0.717) is 5.89 Å². The summed E-state index contributed by atoms with van der Waals surface area (Å²) in [6, 6.07) is 75.3. The van der Waals surface area contributed by atoms with Gasteiger partial charge in [0.25, 0.3) is 0 Å². The lowest BCUT2D eigenvalue weighted by atomic mass is 10.00. The summed E-state index contributed by atoms with van der Waals surface area (Å²) in [4.78, 5) is 7.30. The van der Waals surface area contributed by atoms with Crippen LogP contribution >= 0.6 is 0 Å². The van der Waals surface area contributed by atoms with E-state index >= 15 is 0 Å². The molecule has 11 rings (SSSR count). The topological polar surface area (TPSA) is 34.2 Å². The molecule has 0 unspecified atom stereocenters. The van der Waals surface area contributed by atoms with Gasteiger partial charge >= 0.3 is 0 Å². The molecule has 0 fully saturated rings. The standard InChI is InChI=1S/C53H35N3O/c1-3-12-36(13-4-1)40-16-11-17-45(34-40)55(43-29-31-44(32-30-43)56-49-20-9-7-18-46(49)47-19-8-10-21-50(47)56)42-27-24-37(25-28-42)41-23-22-38-26-33-51-52(48(38)35-41)54-53(57-51)39-14-5-2-6-15-39/h1-35H. The molecule has 0 spiro atoms. The molecule has 0 saturated heterocycles. The van der Waals surface area contributed by atoms with Crippen LogP contribution in [0.1, 0.15) is 0 Å². The van der Waals surface area contributed by atoms with Gasteiger partial charge in [0, 0.05) is 44.5 Å². The minimum absolute atomic E-state index is 0.632. The number of benzene rings is 9. The lowest BCUT2D eigenvalue weighted by Gasteiger charge is -2.26. The van der Waals surface area contributed by atoms with Crippen molar-refractivity contribution < 1.29 is 4.42 Å². The monoisotopic (exact) mass is 729 g/mol. The molecule has 0 aliphatic rings. The first-order valence-electron chi connectivity index (χ1n) is 19.3. The molecular weight excluding hydrogens is 695 g/mol. The van der Waals surface area contributed by atoms with Gasteiger partial charge in [-0.05, 0) is 113 Å². The Kier molecular flexibility index (Phi) is 7.78. The van der Waals surface area contributed by atoms with E-state index in [-0.39, 0.29) is 0 Å². The van der Waals surface area contributed by atoms with Gasteiger partial charge in [-0.25, -0.2) is 4.98 Å². The number of para-hydroxylation sites is 2. The molecule has 2 aromatic heterocycles. The van der Waals surface area contributed by atoms with Crippen LogP contribution in [-0.2, 0) is 0 Å². The summed E-state index contributed by atoms with van der Waals surface area (Å²) in [6.07, 6.45) is 0. The van der Waals surface area contributed by atoms with Crippen LogP contribution in [0.2, 0.25) is 0 Å². The van der Waals surface area contributed by atoms with Crippen LogP contribution in [0, 0.1) is 0 Å². The Balaban J connectivity index is 0.996. The van der Waals surface area contributed by atoms with Gasteiger partial charge in [-0.15, -0.1) is 0 Å². The van der Waals surface area contributed by atoms with Gasteiger partial charge in [-0.1, -0.05) is 127 Å². The first-order chi connectivity index (χ1) is 28.2. The van der Waals surface area contributed by atoms with Crippen molar-refractivity contribution in [2.75, 3.05) is 4.90 Å². The molecule has 4 heteroatoms. The summed E-state index contributed by atoms with van der Waals surface area (Å²) < 4.78 is 8.58. The summed E-state index contributed by atoms with van der Waals surface area (Å²) >= 11 is 0. The van der Waals surface area contributed by atoms with Crippen LogP contribution in [0.15, 0.2) is 217 Å². The fourth-order valence-corrected chi connectivity index (χ4v) is 8.25. The predicted octanol–water partition coefficient (Wildman–Crippen LogP) is 14.5. The zero-order valence-corrected chi connectivity index (χ0v) is 31.0. The Hall–Kier alpha value is -7.69. The van der Waals surface area contributed by atoms with E-state index in [0.717, 1.165) is 61.3 Å². The SMILES string of the molecule is c1ccc(-c2cccc(N(c3ccc(-c4ccc5ccc6oc(-c7ccccc7)nc6c5c4)cc3)c3ccc(-n4c5ccccc5c5ccccc54)cc3)c2)cc1. The number of anilines is 3. The van der Waals surface area contributed by atoms with Crippen molar-refractivity contribution in [2.45, 2.75) is 0 Å². The minimum atomic E-state index is 0.632. The molecule has 0 bridgehead atoms. The van der Waals surface area contributed by atoms with Crippen molar-refractivity contribution in [3.8, 4) is 39.4 Å². The summed E-state index contributed by atoms with van der Waals surface area (Å²) in [6.45, 7) is 0. The Morgan fingerprint density at radius 2 is 0.930 bits per heavy atom. The van der Waals surface area contributed by atoms with E-state index in [1.54, 1.807) is 0 Å². The Labute approximate surface area is 330 Å². The molecule has 0 saturated carbocycles. The molecule has 0 atom stereocenters. The largest absolute Gasteiger partial charge is 0.436 e. The lowest BCUT2D eigenvalue weighted by molar-refractivity contribution is 0.620. The van der Waals surface area contributed by atoms with E-state index in [2.05, 4.69) is 185 Å². The van der Waals surface area contributed by atoms with E-state index < -0.39 is 0 Å². The quantitative estimate of drug-likeness (QED) is 0.164. The maximum Gasteiger partial charge on any atom is 0.227 e. The van der Waals surface area contributed by atoms with Crippen LogP contribution in [-0.4, -0.2) is 9.55 Å². The molecule has 2 heterocycles. The highest BCUT2D eigenvalue weighted by atomic mass is 16.3. The molecule has 0 N–H and O–H groups in total. The van der Waals surface area contributed by atoms with E-state index in [4.69, 9.17) is 9.40 Å². The summed E-state index contributed by atoms with van der Waals surface area (Å²) in [5.41, 5.74) is 14.0. The third kappa shape index (κ3) is 5.74. The maximum absolute atomic E-state index is 6.22. The van der Waals surface area contributed by atoms with Gasteiger partial charge in [-0.2, -0.15) is 0 Å². The summed E-state index contributed by atoms with van der Waals surface area (Å²) in [5, 5.41) is 4.71. The normalized spacial score (nSPS) is 11.5. The average molecular weight is 730 g/mol. The Bertz CT molecular complexity index is 3160. The van der Waals surface area contributed by atoms with Crippen molar-refractivity contribution in [2.24, 2.45) is 0 Å². The molecule has 11 aromatic rings. The van der Waals surface area contributed by atoms with E-state index in [1.165, 1.54) is 32.9 Å². The number of aromatic nitrogens is 2. The van der Waals surface area contributed by atoms with Gasteiger partial charge in [0.05, 0.1) is 11.0 Å². The third-order valence-corrected chi connectivity index (χ3v) is 11.0. The van der Waals surface area contributed by atoms with Crippen molar-refractivity contribution in [1.82, 2.24) is 9.55 Å². The van der Waals surface area contributed by atoms with Gasteiger partial charge in [0.15, 0.2) is 5.58 Å². The van der Waals surface area contributed by atoms with Gasteiger partial charge in [0.2, 0.25) is 5.89 Å². The number of rotatable bonds is 7. The summed E-state index contributed by atoms with van der Waals surface area (Å²) in [5.74, 6) is 0.632. The minimum Gasteiger partial charge on any atom is -0.436 e. The van der Waals surface area contributed by atoms with Crippen molar-refractivity contribution >= 4 is 60.7 Å². The van der Waals surface area contributed by atoms with Crippen LogP contribution in [0.25, 0.3) is 83.1 Å². The van der Waals surface area contributed by atoms with E-state index in [1.807, 2.05) is 36.4 Å². The Morgan fingerprint density at radius 3 is 1.63 bits per heavy atom. The molecule has 9 aromatic carbocycles. The number of hydrogen-bond acceptors (Lipinski definition) is 3. The fourth-order valence-electron chi connectivity index (χ4n) is 8.25. The van der Waals surface area contributed by atoms with Gasteiger partial charge < -0.3 is 13.9 Å². The average Bonchev–Trinajstić information content (AvgIpc) is 3.88. The molecule has 0 aliphatic heterocycles. The van der Waals surface area contributed by atoms with E-state index in [9.17, 15) is 0 Å².